The van der Waals surface area contributed by atoms with Gasteiger partial charge < -0.3 is 5.32 Å². The molecule has 0 rings (SSSR count). The summed E-state index contributed by atoms with van der Waals surface area (Å²) in [7, 11) is 0. The summed E-state index contributed by atoms with van der Waals surface area (Å²) < 4.78 is 0. The van der Waals surface area contributed by atoms with Crippen LogP contribution >= 0.6 is 0 Å². The van der Waals surface area contributed by atoms with Crippen molar-refractivity contribution in [3.63, 3.8) is 0 Å². The number of hydrogen-bond donors (Lipinski definition) is 1. The van der Waals surface area contributed by atoms with Crippen LogP contribution in [-0.2, 0) is 0 Å². The van der Waals surface area contributed by atoms with Crippen molar-refractivity contribution in [1.82, 2.24) is 5.32 Å². The van der Waals surface area contributed by atoms with E-state index >= 15 is 0 Å². The molecule has 0 saturated heterocycles. The lowest BCUT2D eigenvalue weighted by Gasteiger charge is -2.21. The van der Waals surface area contributed by atoms with Crippen molar-refractivity contribution in [3.8, 4) is 0 Å². The molecule has 0 amide bonds. The van der Waals surface area contributed by atoms with Crippen LogP contribution in [0.2, 0.25) is 0 Å². The third kappa shape index (κ3) is 10.8. The molecule has 0 saturated carbocycles. The largest absolute Gasteiger partial charge is 0.316 e. The summed E-state index contributed by atoms with van der Waals surface area (Å²) >= 11 is 0. The van der Waals surface area contributed by atoms with Gasteiger partial charge in [0.2, 0.25) is 0 Å². The lowest BCUT2D eigenvalue weighted by atomic mass is 9.90. The van der Waals surface area contributed by atoms with Gasteiger partial charge in [0.05, 0.1) is 0 Å². The van der Waals surface area contributed by atoms with Crippen LogP contribution in [0.4, 0.5) is 0 Å². The lowest BCUT2D eigenvalue weighted by Crippen LogP contribution is -2.28. The first-order valence-corrected chi connectivity index (χ1v) is 7.78. The topological polar surface area (TPSA) is 12.0 Å². The predicted molar refractivity (Wildman–Crippen MR) is 79.4 cm³/mol. The van der Waals surface area contributed by atoms with Gasteiger partial charge in [-0.1, -0.05) is 73.1 Å². The van der Waals surface area contributed by atoms with Crippen molar-refractivity contribution < 1.29 is 0 Å². The van der Waals surface area contributed by atoms with Crippen molar-refractivity contribution in [1.29, 1.82) is 0 Å². The summed E-state index contributed by atoms with van der Waals surface area (Å²) in [5, 5.41) is 3.58. The molecule has 104 valence electrons. The molecule has 0 aromatic heterocycles. The molecule has 0 aromatic carbocycles. The fraction of sp³-hybridized carbons (Fsp3) is 1.00. The SMILES string of the molecule is CCCCCCCC(C)C(C)CNCC(C)C. The summed E-state index contributed by atoms with van der Waals surface area (Å²) in [5.41, 5.74) is 0. The Morgan fingerprint density at radius 1 is 0.765 bits per heavy atom. The Morgan fingerprint density at radius 2 is 1.41 bits per heavy atom. The van der Waals surface area contributed by atoms with E-state index in [0.29, 0.717) is 0 Å². The fourth-order valence-electron chi connectivity index (χ4n) is 2.16. The van der Waals surface area contributed by atoms with Gasteiger partial charge in [-0.2, -0.15) is 0 Å². The van der Waals surface area contributed by atoms with E-state index in [1.165, 1.54) is 45.1 Å². The van der Waals surface area contributed by atoms with Crippen LogP contribution in [0.5, 0.6) is 0 Å². The Hall–Kier alpha value is -0.0400. The molecule has 2 unspecified atom stereocenters. The molecule has 0 spiro atoms. The predicted octanol–water partition coefficient (Wildman–Crippen LogP) is 4.86. The highest BCUT2D eigenvalue weighted by molar-refractivity contribution is 4.65. The Kier molecular flexibility index (Phi) is 11.0. The smallest absolute Gasteiger partial charge is 0.00205 e. The third-order valence-corrected chi connectivity index (χ3v) is 3.75. The quantitative estimate of drug-likeness (QED) is 0.509. The molecule has 0 aliphatic carbocycles. The number of rotatable bonds is 11. The van der Waals surface area contributed by atoms with Crippen molar-refractivity contribution >= 4 is 0 Å². The standard InChI is InChI=1S/C16H35N/c1-6-7-8-9-10-11-15(4)16(5)13-17-12-14(2)3/h14-17H,6-13H2,1-5H3. The van der Waals surface area contributed by atoms with Gasteiger partial charge in [0, 0.05) is 0 Å². The molecule has 1 heteroatoms. The second-order valence-corrected chi connectivity index (χ2v) is 6.21. The van der Waals surface area contributed by atoms with Crippen molar-refractivity contribution in [3.05, 3.63) is 0 Å². The molecule has 17 heavy (non-hydrogen) atoms. The second-order valence-electron chi connectivity index (χ2n) is 6.21. The van der Waals surface area contributed by atoms with E-state index in [-0.39, 0.29) is 0 Å². The van der Waals surface area contributed by atoms with Crippen LogP contribution in [0.25, 0.3) is 0 Å². The summed E-state index contributed by atoms with van der Waals surface area (Å²) in [6.45, 7) is 14.0. The molecular formula is C16H35N. The molecule has 0 radical (unpaired) electrons. The van der Waals surface area contributed by atoms with Crippen LogP contribution in [0.3, 0.4) is 0 Å². The highest BCUT2D eigenvalue weighted by Crippen LogP contribution is 2.18. The number of nitrogens with one attached hydrogen (secondary N) is 1. The minimum Gasteiger partial charge on any atom is -0.316 e. The molecule has 0 aliphatic rings. The third-order valence-electron chi connectivity index (χ3n) is 3.75. The van der Waals surface area contributed by atoms with Gasteiger partial charge >= 0.3 is 0 Å². The van der Waals surface area contributed by atoms with Gasteiger partial charge in [-0.05, 0) is 30.8 Å². The molecule has 1 N–H and O–H groups in total. The van der Waals surface area contributed by atoms with E-state index in [4.69, 9.17) is 0 Å². The Morgan fingerprint density at radius 3 is 2.00 bits per heavy atom. The zero-order chi connectivity index (χ0) is 13.1. The molecule has 0 aromatic rings. The van der Waals surface area contributed by atoms with Crippen LogP contribution < -0.4 is 5.32 Å². The Bertz CT molecular complexity index is 154. The van der Waals surface area contributed by atoms with E-state index in [0.717, 1.165) is 24.3 Å². The maximum atomic E-state index is 3.58. The van der Waals surface area contributed by atoms with Gasteiger partial charge in [0.1, 0.15) is 0 Å². The zero-order valence-electron chi connectivity index (χ0n) is 12.9. The van der Waals surface area contributed by atoms with Gasteiger partial charge in [-0.15, -0.1) is 0 Å². The molecule has 0 fully saturated rings. The minimum absolute atomic E-state index is 0.770. The van der Waals surface area contributed by atoms with Crippen LogP contribution in [0.1, 0.15) is 73.1 Å². The van der Waals surface area contributed by atoms with Crippen molar-refractivity contribution in [2.24, 2.45) is 17.8 Å². The Labute approximate surface area is 110 Å². The van der Waals surface area contributed by atoms with Crippen molar-refractivity contribution in [2.75, 3.05) is 13.1 Å². The van der Waals surface area contributed by atoms with Gasteiger partial charge in [0.25, 0.3) is 0 Å². The maximum Gasteiger partial charge on any atom is -0.00205 e. The van der Waals surface area contributed by atoms with Gasteiger partial charge in [-0.3, -0.25) is 0 Å². The van der Waals surface area contributed by atoms with E-state index in [1.807, 2.05) is 0 Å². The first kappa shape index (κ1) is 17.0. The Balaban J connectivity index is 3.43. The number of unbranched alkanes of at least 4 members (excludes halogenated alkanes) is 4. The highest BCUT2D eigenvalue weighted by Gasteiger charge is 2.11. The van der Waals surface area contributed by atoms with E-state index in [1.54, 1.807) is 0 Å². The fourth-order valence-corrected chi connectivity index (χ4v) is 2.16. The van der Waals surface area contributed by atoms with Crippen LogP contribution in [0.15, 0.2) is 0 Å². The van der Waals surface area contributed by atoms with Crippen molar-refractivity contribution in [2.45, 2.75) is 73.1 Å². The summed E-state index contributed by atoms with van der Waals surface area (Å²) in [4.78, 5) is 0. The number of hydrogen-bond acceptors (Lipinski definition) is 1. The molecule has 0 heterocycles. The molecule has 1 nitrogen and oxygen atoms in total. The zero-order valence-corrected chi connectivity index (χ0v) is 12.9. The van der Waals surface area contributed by atoms with E-state index in [9.17, 15) is 0 Å². The average Bonchev–Trinajstić information content (AvgIpc) is 2.27. The van der Waals surface area contributed by atoms with Crippen LogP contribution in [0, 0.1) is 17.8 Å². The summed E-state index contributed by atoms with van der Waals surface area (Å²) in [6.07, 6.45) is 8.47. The van der Waals surface area contributed by atoms with E-state index < -0.39 is 0 Å². The minimum atomic E-state index is 0.770. The first-order valence-electron chi connectivity index (χ1n) is 7.78. The summed E-state index contributed by atoms with van der Waals surface area (Å²) in [5.74, 6) is 2.46. The average molecular weight is 241 g/mol. The van der Waals surface area contributed by atoms with Gasteiger partial charge in [0.15, 0.2) is 0 Å². The van der Waals surface area contributed by atoms with Gasteiger partial charge in [-0.25, -0.2) is 0 Å². The maximum absolute atomic E-state index is 3.58. The monoisotopic (exact) mass is 241 g/mol. The molecule has 0 aliphatic heterocycles. The molecule has 2 atom stereocenters. The van der Waals surface area contributed by atoms with E-state index in [2.05, 4.69) is 39.9 Å². The molecule has 0 bridgehead atoms. The van der Waals surface area contributed by atoms with Crippen LogP contribution in [-0.4, -0.2) is 13.1 Å². The lowest BCUT2D eigenvalue weighted by molar-refractivity contribution is 0.331. The normalized spacial score (nSPS) is 15.2. The summed E-state index contributed by atoms with van der Waals surface area (Å²) in [6, 6.07) is 0. The second kappa shape index (κ2) is 11.1. The molecular weight excluding hydrogens is 206 g/mol. The highest BCUT2D eigenvalue weighted by atomic mass is 14.9. The first-order chi connectivity index (χ1) is 8.07.